The van der Waals surface area contributed by atoms with Crippen molar-refractivity contribution in [2.24, 2.45) is 0 Å². The highest BCUT2D eigenvalue weighted by molar-refractivity contribution is 6.33. The van der Waals surface area contributed by atoms with Crippen LogP contribution in [-0.4, -0.2) is 61.5 Å². The summed E-state index contributed by atoms with van der Waals surface area (Å²) in [5.74, 6) is -0.589. The second-order valence-electron chi connectivity index (χ2n) is 4.99. The van der Waals surface area contributed by atoms with Gasteiger partial charge in [-0.3, -0.25) is 15.0 Å². The van der Waals surface area contributed by atoms with E-state index in [-0.39, 0.29) is 18.4 Å². The number of likely N-dealkylation sites (N-methyl/N-ethyl adjacent to an activating group) is 1. The third kappa shape index (κ3) is 4.70. The summed E-state index contributed by atoms with van der Waals surface area (Å²) < 4.78 is 0. The summed E-state index contributed by atoms with van der Waals surface area (Å²) in [7, 11) is 2.04. The average Bonchev–Trinajstić information content (AvgIpc) is 2.48. The van der Waals surface area contributed by atoms with Crippen molar-refractivity contribution >= 4 is 23.4 Å². The van der Waals surface area contributed by atoms with Crippen LogP contribution in [-0.2, 0) is 4.79 Å². The molecule has 1 aromatic carbocycles. The molecule has 0 aromatic heterocycles. The van der Waals surface area contributed by atoms with Gasteiger partial charge in [0.15, 0.2) is 0 Å². The number of halogens is 1. The normalized spacial score (nSPS) is 16.5. The third-order valence-electron chi connectivity index (χ3n) is 3.31. The number of carbonyl (C=O) groups excluding carboxylic acids is 2. The van der Waals surface area contributed by atoms with E-state index in [1.165, 1.54) is 0 Å². The number of piperazine rings is 1. The lowest BCUT2D eigenvalue weighted by Gasteiger charge is -2.32. The maximum atomic E-state index is 11.9. The molecule has 0 spiro atoms. The molecular formula is C14H19ClN4O2. The van der Waals surface area contributed by atoms with Crippen LogP contribution in [0.3, 0.4) is 0 Å². The molecule has 1 heterocycles. The highest BCUT2D eigenvalue weighted by Gasteiger charge is 2.16. The van der Waals surface area contributed by atoms with Crippen LogP contribution < -0.4 is 10.7 Å². The summed E-state index contributed by atoms with van der Waals surface area (Å²) in [6, 6.07) is 6.74. The van der Waals surface area contributed by atoms with Crippen LogP contribution in [0.15, 0.2) is 24.3 Å². The quantitative estimate of drug-likeness (QED) is 0.842. The summed E-state index contributed by atoms with van der Waals surface area (Å²) in [5, 5.41) is 4.80. The van der Waals surface area contributed by atoms with Gasteiger partial charge in [-0.05, 0) is 19.2 Å². The van der Waals surface area contributed by atoms with Crippen LogP contribution in [0.5, 0.6) is 0 Å². The second kappa shape index (κ2) is 7.40. The van der Waals surface area contributed by atoms with Gasteiger partial charge in [0.1, 0.15) is 0 Å². The van der Waals surface area contributed by atoms with E-state index in [9.17, 15) is 9.59 Å². The Bertz CT molecular complexity index is 515. The van der Waals surface area contributed by atoms with Gasteiger partial charge in [0.25, 0.3) is 11.8 Å². The molecule has 0 radical (unpaired) electrons. The van der Waals surface area contributed by atoms with E-state index in [1.807, 2.05) is 12.1 Å². The molecule has 0 saturated carbocycles. The predicted molar refractivity (Wildman–Crippen MR) is 81.0 cm³/mol. The Morgan fingerprint density at radius 1 is 1.19 bits per heavy atom. The van der Waals surface area contributed by atoms with Crippen molar-refractivity contribution < 1.29 is 9.59 Å². The monoisotopic (exact) mass is 310 g/mol. The molecule has 2 rings (SSSR count). The van der Waals surface area contributed by atoms with Crippen LogP contribution in [0.25, 0.3) is 0 Å². The molecular weight excluding hydrogens is 292 g/mol. The largest absolute Gasteiger partial charge is 0.343 e. The number of nitrogens with one attached hydrogen (secondary N) is 2. The van der Waals surface area contributed by atoms with E-state index in [2.05, 4.69) is 15.6 Å². The Labute approximate surface area is 129 Å². The SMILES string of the molecule is CN1CCN(NC(=O)CNC(=O)c2ccccc2Cl)CC1. The van der Waals surface area contributed by atoms with E-state index < -0.39 is 0 Å². The minimum Gasteiger partial charge on any atom is -0.343 e. The third-order valence-corrected chi connectivity index (χ3v) is 3.64. The molecule has 1 aliphatic rings. The molecule has 0 aliphatic carbocycles. The summed E-state index contributed by atoms with van der Waals surface area (Å²) in [6.45, 7) is 3.30. The zero-order valence-electron chi connectivity index (χ0n) is 11.9. The molecule has 7 heteroatoms. The Morgan fingerprint density at radius 3 is 2.52 bits per heavy atom. The molecule has 1 aliphatic heterocycles. The molecule has 21 heavy (non-hydrogen) atoms. The van der Waals surface area contributed by atoms with Crippen molar-refractivity contribution in [2.75, 3.05) is 39.8 Å². The molecule has 0 bridgehead atoms. The predicted octanol–water partition coefficient (Wildman–Crippen LogP) is 0.348. The highest BCUT2D eigenvalue weighted by atomic mass is 35.5. The van der Waals surface area contributed by atoms with Crippen molar-refractivity contribution in [3.05, 3.63) is 34.9 Å². The first kappa shape index (κ1) is 15.8. The number of hydrogen-bond acceptors (Lipinski definition) is 4. The van der Waals surface area contributed by atoms with Crippen molar-refractivity contribution in [1.29, 1.82) is 0 Å². The number of hydrogen-bond donors (Lipinski definition) is 2. The van der Waals surface area contributed by atoms with Crippen molar-refractivity contribution in [1.82, 2.24) is 20.7 Å². The Kier molecular flexibility index (Phi) is 5.55. The van der Waals surface area contributed by atoms with E-state index in [4.69, 9.17) is 11.6 Å². The zero-order valence-corrected chi connectivity index (χ0v) is 12.7. The number of amides is 2. The smallest absolute Gasteiger partial charge is 0.253 e. The summed E-state index contributed by atoms with van der Waals surface area (Å²) in [6.07, 6.45) is 0. The molecule has 0 atom stereocenters. The minimum absolute atomic E-state index is 0.0730. The average molecular weight is 311 g/mol. The topological polar surface area (TPSA) is 64.7 Å². The lowest BCUT2D eigenvalue weighted by molar-refractivity contribution is -0.125. The maximum absolute atomic E-state index is 11.9. The van der Waals surface area contributed by atoms with Crippen LogP contribution in [0.4, 0.5) is 0 Å². The van der Waals surface area contributed by atoms with Gasteiger partial charge in [-0.15, -0.1) is 0 Å². The lowest BCUT2D eigenvalue weighted by atomic mass is 10.2. The van der Waals surface area contributed by atoms with E-state index in [0.717, 1.165) is 26.2 Å². The number of rotatable bonds is 4. The van der Waals surface area contributed by atoms with Gasteiger partial charge in [-0.2, -0.15) is 0 Å². The Balaban J connectivity index is 1.76. The van der Waals surface area contributed by atoms with Crippen LogP contribution >= 0.6 is 11.6 Å². The number of benzene rings is 1. The van der Waals surface area contributed by atoms with Gasteiger partial charge >= 0.3 is 0 Å². The molecule has 6 nitrogen and oxygen atoms in total. The molecule has 2 N–H and O–H groups in total. The fourth-order valence-corrected chi connectivity index (χ4v) is 2.26. The highest BCUT2D eigenvalue weighted by Crippen LogP contribution is 2.14. The summed E-state index contributed by atoms with van der Waals surface area (Å²) in [5.41, 5.74) is 3.15. The summed E-state index contributed by atoms with van der Waals surface area (Å²) in [4.78, 5) is 25.9. The maximum Gasteiger partial charge on any atom is 0.253 e. The van der Waals surface area contributed by atoms with Gasteiger partial charge < -0.3 is 10.2 Å². The fraction of sp³-hybridized carbons (Fsp3) is 0.429. The van der Waals surface area contributed by atoms with Gasteiger partial charge in [-0.1, -0.05) is 23.7 Å². The van der Waals surface area contributed by atoms with Gasteiger partial charge in [0, 0.05) is 26.2 Å². The van der Waals surface area contributed by atoms with Gasteiger partial charge in [0.2, 0.25) is 0 Å². The number of carbonyl (C=O) groups is 2. The van der Waals surface area contributed by atoms with Crippen molar-refractivity contribution in [3.63, 3.8) is 0 Å². The van der Waals surface area contributed by atoms with Crippen molar-refractivity contribution in [3.8, 4) is 0 Å². The standard InChI is InChI=1S/C14H19ClN4O2/c1-18-6-8-19(9-7-18)17-13(20)10-16-14(21)11-4-2-3-5-12(11)15/h2-5H,6-10H2,1H3,(H,16,21)(H,17,20). The van der Waals surface area contributed by atoms with Gasteiger partial charge in [0.05, 0.1) is 17.1 Å². The molecule has 0 unspecified atom stereocenters. The Hall–Kier alpha value is -1.63. The van der Waals surface area contributed by atoms with Crippen LogP contribution in [0.2, 0.25) is 5.02 Å². The van der Waals surface area contributed by atoms with Crippen LogP contribution in [0.1, 0.15) is 10.4 Å². The number of nitrogens with zero attached hydrogens (tertiary/aromatic N) is 2. The molecule has 1 aromatic rings. The fourth-order valence-electron chi connectivity index (χ4n) is 2.04. The zero-order chi connectivity index (χ0) is 15.2. The molecule has 1 fully saturated rings. The second-order valence-corrected chi connectivity index (χ2v) is 5.40. The lowest BCUT2D eigenvalue weighted by Crippen LogP contribution is -2.54. The van der Waals surface area contributed by atoms with Gasteiger partial charge in [-0.25, -0.2) is 5.01 Å². The number of hydrazine groups is 1. The Morgan fingerprint density at radius 2 is 1.86 bits per heavy atom. The first-order valence-corrected chi connectivity index (χ1v) is 7.20. The van der Waals surface area contributed by atoms with Crippen molar-refractivity contribution in [2.45, 2.75) is 0 Å². The molecule has 114 valence electrons. The minimum atomic E-state index is -0.353. The molecule has 2 amide bonds. The first-order chi connectivity index (χ1) is 10.1. The van der Waals surface area contributed by atoms with E-state index >= 15 is 0 Å². The van der Waals surface area contributed by atoms with E-state index in [1.54, 1.807) is 24.3 Å². The van der Waals surface area contributed by atoms with E-state index in [0.29, 0.717) is 10.6 Å². The molecule has 1 saturated heterocycles. The van der Waals surface area contributed by atoms with Crippen LogP contribution in [0, 0.1) is 0 Å². The first-order valence-electron chi connectivity index (χ1n) is 6.82. The summed E-state index contributed by atoms with van der Waals surface area (Å²) >= 11 is 5.93.